The molecule has 1 aromatic heterocycles. The van der Waals surface area contributed by atoms with E-state index in [9.17, 15) is 0 Å². The van der Waals surface area contributed by atoms with Gasteiger partial charge in [-0.25, -0.2) is 15.0 Å². The van der Waals surface area contributed by atoms with Crippen molar-refractivity contribution in [3.8, 4) is 0 Å². The van der Waals surface area contributed by atoms with E-state index in [-0.39, 0.29) is 0 Å². The highest BCUT2D eigenvalue weighted by Crippen LogP contribution is 1.96. The predicted molar refractivity (Wildman–Crippen MR) is 64.9 cm³/mol. The molecule has 16 heavy (non-hydrogen) atoms. The van der Waals surface area contributed by atoms with Crippen LogP contribution in [0.5, 0.6) is 0 Å². The third kappa shape index (κ3) is 4.72. The smallest absolute Gasteiger partial charge is 0.188 e. The highest BCUT2D eigenvalue weighted by molar-refractivity contribution is 5.77. The summed E-state index contributed by atoms with van der Waals surface area (Å²) < 4.78 is 0. The Labute approximate surface area is 96.2 Å². The fourth-order valence-corrected chi connectivity index (χ4v) is 1.12. The van der Waals surface area contributed by atoms with Crippen molar-refractivity contribution >= 4 is 5.96 Å². The Morgan fingerprint density at radius 1 is 1.56 bits per heavy atom. The van der Waals surface area contributed by atoms with Crippen molar-refractivity contribution in [1.82, 2.24) is 15.3 Å². The average molecular weight is 221 g/mol. The van der Waals surface area contributed by atoms with Crippen molar-refractivity contribution in [3.63, 3.8) is 0 Å². The maximum absolute atomic E-state index is 5.70. The highest BCUT2D eigenvalue weighted by atomic mass is 15.1. The third-order valence-corrected chi connectivity index (χ3v) is 1.94. The van der Waals surface area contributed by atoms with Gasteiger partial charge in [0.15, 0.2) is 5.96 Å². The average Bonchev–Trinajstić information content (AvgIpc) is 2.23. The summed E-state index contributed by atoms with van der Waals surface area (Å²) in [5.74, 6) is 1.77. The third-order valence-electron chi connectivity index (χ3n) is 1.94. The van der Waals surface area contributed by atoms with Crippen molar-refractivity contribution in [2.45, 2.75) is 27.3 Å². The van der Waals surface area contributed by atoms with Gasteiger partial charge in [0.2, 0.25) is 0 Å². The summed E-state index contributed by atoms with van der Waals surface area (Å²) in [6.07, 6.45) is 1.73. The van der Waals surface area contributed by atoms with E-state index in [4.69, 9.17) is 5.73 Å². The quantitative estimate of drug-likeness (QED) is 0.583. The normalized spacial score (nSPS) is 11.9. The Morgan fingerprint density at radius 2 is 2.31 bits per heavy atom. The molecular weight excluding hydrogens is 202 g/mol. The van der Waals surface area contributed by atoms with E-state index in [1.54, 1.807) is 6.20 Å². The lowest BCUT2D eigenvalue weighted by Crippen LogP contribution is -2.34. The van der Waals surface area contributed by atoms with Gasteiger partial charge in [0, 0.05) is 12.7 Å². The lowest BCUT2D eigenvalue weighted by atomic mass is 10.2. The topological polar surface area (TPSA) is 76.2 Å². The second-order valence-electron chi connectivity index (χ2n) is 4.07. The Kier molecular flexibility index (Phi) is 4.69. The number of nitrogens with two attached hydrogens (primary N) is 1. The molecular formula is C11H19N5. The van der Waals surface area contributed by atoms with Gasteiger partial charge in [-0.15, -0.1) is 0 Å². The van der Waals surface area contributed by atoms with E-state index in [1.807, 2.05) is 13.0 Å². The fourth-order valence-electron chi connectivity index (χ4n) is 1.12. The minimum Gasteiger partial charge on any atom is -0.370 e. The molecule has 0 amide bonds. The van der Waals surface area contributed by atoms with Gasteiger partial charge in [0.1, 0.15) is 5.82 Å². The van der Waals surface area contributed by atoms with Gasteiger partial charge in [-0.2, -0.15) is 0 Å². The fraction of sp³-hybridized carbons (Fsp3) is 0.545. The number of aryl methyl sites for hydroxylation is 1. The molecule has 1 aromatic rings. The molecule has 1 heterocycles. The van der Waals surface area contributed by atoms with Crippen LogP contribution in [0.1, 0.15) is 25.4 Å². The Hall–Kier alpha value is -1.65. The standard InChI is InChI=1S/C11H19N5/c1-8(2)6-14-11(12)15-7-10-4-5-13-9(3)16-10/h4-5,8H,6-7H2,1-3H3,(H3,12,14,15). The van der Waals surface area contributed by atoms with E-state index >= 15 is 0 Å². The van der Waals surface area contributed by atoms with Crippen molar-refractivity contribution in [2.24, 2.45) is 16.6 Å². The van der Waals surface area contributed by atoms with Crippen LogP contribution in [0.4, 0.5) is 0 Å². The van der Waals surface area contributed by atoms with E-state index in [2.05, 4.69) is 34.1 Å². The van der Waals surface area contributed by atoms with Crippen LogP contribution < -0.4 is 11.1 Å². The number of guanidine groups is 1. The predicted octanol–water partition coefficient (Wildman–Crippen LogP) is 0.845. The Balaban J connectivity index is 2.46. The van der Waals surface area contributed by atoms with Crippen molar-refractivity contribution in [1.29, 1.82) is 0 Å². The van der Waals surface area contributed by atoms with Gasteiger partial charge in [0.05, 0.1) is 12.2 Å². The SMILES string of the molecule is Cc1nccc(CN=C(N)NCC(C)C)n1. The number of aliphatic imine (C=N–C) groups is 1. The maximum atomic E-state index is 5.70. The lowest BCUT2D eigenvalue weighted by Gasteiger charge is -2.07. The first kappa shape index (κ1) is 12.4. The molecule has 0 atom stereocenters. The van der Waals surface area contributed by atoms with Crippen LogP contribution in [0.2, 0.25) is 0 Å². The van der Waals surface area contributed by atoms with Gasteiger partial charge in [-0.1, -0.05) is 13.8 Å². The van der Waals surface area contributed by atoms with E-state index < -0.39 is 0 Å². The summed E-state index contributed by atoms with van der Waals surface area (Å²) in [4.78, 5) is 12.5. The molecule has 0 bridgehead atoms. The number of hydrogen-bond acceptors (Lipinski definition) is 3. The molecule has 0 aliphatic rings. The monoisotopic (exact) mass is 221 g/mol. The van der Waals surface area contributed by atoms with Gasteiger partial charge in [-0.3, -0.25) is 0 Å². The molecule has 0 saturated heterocycles. The second kappa shape index (κ2) is 6.05. The molecule has 5 nitrogen and oxygen atoms in total. The minimum atomic E-state index is 0.463. The molecule has 3 N–H and O–H groups in total. The zero-order chi connectivity index (χ0) is 12.0. The Bertz CT molecular complexity index is 359. The molecule has 5 heteroatoms. The van der Waals surface area contributed by atoms with Crippen LogP contribution in [0.25, 0.3) is 0 Å². The van der Waals surface area contributed by atoms with E-state index in [0.717, 1.165) is 18.1 Å². The van der Waals surface area contributed by atoms with Crippen LogP contribution in [-0.2, 0) is 6.54 Å². The zero-order valence-corrected chi connectivity index (χ0v) is 10.1. The molecule has 0 unspecified atom stereocenters. The first-order valence-electron chi connectivity index (χ1n) is 5.40. The largest absolute Gasteiger partial charge is 0.370 e. The molecule has 0 aliphatic carbocycles. The lowest BCUT2D eigenvalue weighted by molar-refractivity contribution is 0.621. The number of nitrogens with one attached hydrogen (secondary N) is 1. The highest BCUT2D eigenvalue weighted by Gasteiger charge is 1.97. The van der Waals surface area contributed by atoms with Gasteiger partial charge >= 0.3 is 0 Å². The van der Waals surface area contributed by atoms with Crippen LogP contribution in [-0.4, -0.2) is 22.5 Å². The zero-order valence-electron chi connectivity index (χ0n) is 10.1. The summed E-state index contributed by atoms with van der Waals surface area (Å²) in [5, 5.41) is 3.05. The van der Waals surface area contributed by atoms with Crippen LogP contribution in [0, 0.1) is 12.8 Å². The van der Waals surface area contributed by atoms with Gasteiger partial charge < -0.3 is 11.1 Å². The number of aromatic nitrogens is 2. The molecule has 0 aliphatic heterocycles. The van der Waals surface area contributed by atoms with E-state index in [1.165, 1.54) is 0 Å². The molecule has 0 saturated carbocycles. The molecule has 88 valence electrons. The van der Waals surface area contributed by atoms with Crippen molar-refractivity contribution < 1.29 is 0 Å². The summed E-state index contributed by atoms with van der Waals surface area (Å²) in [6.45, 7) is 7.41. The molecule has 0 aromatic carbocycles. The van der Waals surface area contributed by atoms with Crippen molar-refractivity contribution in [3.05, 3.63) is 23.8 Å². The summed E-state index contributed by atoms with van der Waals surface area (Å²) in [6, 6.07) is 1.84. The van der Waals surface area contributed by atoms with Crippen molar-refractivity contribution in [2.75, 3.05) is 6.54 Å². The maximum Gasteiger partial charge on any atom is 0.188 e. The summed E-state index contributed by atoms with van der Waals surface area (Å²) in [5.41, 5.74) is 6.58. The van der Waals surface area contributed by atoms with Crippen LogP contribution in [0.15, 0.2) is 17.3 Å². The second-order valence-corrected chi connectivity index (χ2v) is 4.07. The van der Waals surface area contributed by atoms with E-state index in [0.29, 0.717) is 18.4 Å². The van der Waals surface area contributed by atoms with Gasteiger partial charge in [-0.05, 0) is 18.9 Å². The molecule has 0 fully saturated rings. The summed E-state index contributed by atoms with van der Waals surface area (Å²) in [7, 11) is 0. The number of rotatable bonds is 4. The Morgan fingerprint density at radius 3 is 2.94 bits per heavy atom. The summed E-state index contributed by atoms with van der Waals surface area (Å²) >= 11 is 0. The van der Waals surface area contributed by atoms with Gasteiger partial charge in [0.25, 0.3) is 0 Å². The molecule has 0 radical (unpaired) electrons. The first-order chi connectivity index (χ1) is 7.58. The minimum absolute atomic E-state index is 0.463. The van der Waals surface area contributed by atoms with Crippen LogP contribution >= 0.6 is 0 Å². The number of hydrogen-bond donors (Lipinski definition) is 2. The number of nitrogens with zero attached hydrogens (tertiary/aromatic N) is 3. The first-order valence-corrected chi connectivity index (χ1v) is 5.40. The molecule has 1 rings (SSSR count). The van der Waals surface area contributed by atoms with Crippen LogP contribution in [0.3, 0.4) is 0 Å². The molecule has 0 spiro atoms.